The van der Waals surface area contributed by atoms with E-state index in [9.17, 15) is 28.8 Å². The Morgan fingerprint density at radius 1 is 0.500 bits per heavy atom. The number of carbonyl (C=O) groups excluding carboxylic acids is 6. The molecule has 2 aromatic rings. The lowest BCUT2D eigenvalue weighted by Crippen LogP contribution is -2.59. The lowest BCUT2D eigenvalue weighted by Gasteiger charge is -2.47. The maximum Gasteiger partial charge on any atom is 0.308 e. The molecule has 4 aliphatic rings. The molecule has 0 aromatic heterocycles. The van der Waals surface area contributed by atoms with Gasteiger partial charge in [-0.25, -0.2) is 0 Å². The van der Waals surface area contributed by atoms with Crippen LogP contribution in [0.1, 0.15) is 103 Å². The molecule has 0 amide bonds. The maximum absolute atomic E-state index is 13.0. The summed E-state index contributed by atoms with van der Waals surface area (Å²) in [5.41, 5.74) is 1.94. The number of esters is 6. The quantitative estimate of drug-likeness (QED) is 0.130. The molecule has 0 aliphatic carbocycles. The lowest BCUT2D eigenvalue weighted by atomic mass is 9.95. The molecule has 0 radical (unpaired) electrons. The number of fused-ring (bicyclic) bond motifs is 4. The Morgan fingerprint density at radius 2 is 0.810 bits per heavy atom. The van der Waals surface area contributed by atoms with E-state index in [4.69, 9.17) is 28.4 Å². The number of ether oxygens (including phenoxy) is 6. The lowest BCUT2D eigenvalue weighted by molar-refractivity contribution is -0.949. The summed E-state index contributed by atoms with van der Waals surface area (Å²) in [4.78, 5) is 72.4. The summed E-state index contributed by atoms with van der Waals surface area (Å²) >= 11 is 0. The highest BCUT2D eigenvalue weighted by Gasteiger charge is 2.53. The summed E-state index contributed by atoms with van der Waals surface area (Å²) in [6.07, 6.45) is 8.35. The molecule has 58 heavy (non-hydrogen) atoms. The third-order valence-corrected chi connectivity index (χ3v) is 13.1. The van der Waals surface area contributed by atoms with Crippen LogP contribution in [-0.2, 0) is 51.1 Å². The molecule has 4 heterocycles. The smallest absolute Gasteiger partial charge is 0.308 e. The van der Waals surface area contributed by atoms with Crippen molar-refractivity contribution in [3.05, 3.63) is 47.5 Å². The first kappa shape index (κ1) is 42.8. The Bertz CT molecular complexity index is 1750. The average Bonchev–Trinajstić information content (AvgIpc) is 3.37. The number of rotatable bonds is 15. The third kappa shape index (κ3) is 10.2. The summed E-state index contributed by atoms with van der Waals surface area (Å²) in [5, 5.41) is 0. The van der Waals surface area contributed by atoms with Crippen LogP contribution in [0.5, 0.6) is 23.0 Å². The Morgan fingerprint density at radius 3 is 1.12 bits per heavy atom. The zero-order valence-electron chi connectivity index (χ0n) is 34.6. The van der Waals surface area contributed by atoms with Gasteiger partial charge in [0.25, 0.3) is 0 Å². The number of hydrogen-bond donors (Lipinski definition) is 0. The second-order valence-corrected chi connectivity index (χ2v) is 17.0. The van der Waals surface area contributed by atoms with Crippen LogP contribution in [-0.4, -0.2) is 108 Å². The summed E-state index contributed by atoms with van der Waals surface area (Å²) in [5.74, 6) is -1.85. The molecule has 6 rings (SSSR count). The maximum atomic E-state index is 13.0. The van der Waals surface area contributed by atoms with Crippen molar-refractivity contribution in [3.63, 3.8) is 0 Å². The Balaban J connectivity index is 0.937. The molecule has 0 spiro atoms. The van der Waals surface area contributed by atoms with Crippen molar-refractivity contribution < 1.29 is 66.2 Å². The van der Waals surface area contributed by atoms with E-state index >= 15 is 0 Å². The van der Waals surface area contributed by atoms with Crippen molar-refractivity contribution in [1.82, 2.24) is 0 Å². The molecule has 4 fully saturated rings. The molecule has 314 valence electrons. The zero-order valence-corrected chi connectivity index (χ0v) is 34.6. The zero-order chi connectivity index (χ0) is 41.8. The fourth-order valence-corrected chi connectivity index (χ4v) is 10.1. The monoisotopic (exact) mass is 806 g/mol. The Kier molecular flexibility index (Phi) is 13.3. The molecule has 0 saturated carbocycles. The minimum absolute atomic E-state index is 0.0102. The summed E-state index contributed by atoms with van der Waals surface area (Å²) in [6.45, 7) is 6.93. The van der Waals surface area contributed by atoms with Gasteiger partial charge in [0.2, 0.25) is 0 Å². The number of benzene rings is 2. The van der Waals surface area contributed by atoms with Gasteiger partial charge in [0.15, 0.2) is 23.0 Å². The second-order valence-electron chi connectivity index (χ2n) is 17.0. The SMILES string of the molecule is CC(=O)Oc1ccc(CC[N+]2(C)[C@@H]3CC[C@H]2CC(OC(=O)CCC(=O)OC2C[C@H]4CC[C@@H](C2)[N+]4(C)CCc2ccc(OC(C)=O)c(OC(C)=O)c2)C3)cc1OC(C)=O. The van der Waals surface area contributed by atoms with Crippen molar-refractivity contribution in [2.45, 2.75) is 141 Å². The van der Waals surface area contributed by atoms with Crippen molar-refractivity contribution in [3.8, 4) is 23.0 Å². The van der Waals surface area contributed by atoms with Gasteiger partial charge in [-0.2, -0.15) is 0 Å². The Hall–Kier alpha value is -4.82. The van der Waals surface area contributed by atoms with Crippen LogP contribution in [0.25, 0.3) is 0 Å². The molecule has 2 aromatic carbocycles. The molecule has 14 heteroatoms. The first-order valence-corrected chi connectivity index (χ1v) is 20.6. The van der Waals surface area contributed by atoms with E-state index in [0.717, 1.165) is 97.4 Å². The minimum Gasteiger partial charge on any atom is -0.462 e. The van der Waals surface area contributed by atoms with Crippen LogP contribution in [0.4, 0.5) is 0 Å². The van der Waals surface area contributed by atoms with E-state index in [1.165, 1.54) is 27.7 Å². The van der Waals surface area contributed by atoms with Gasteiger partial charge < -0.3 is 37.4 Å². The first-order valence-electron chi connectivity index (χ1n) is 20.6. The van der Waals surface area contributed by atoms with Gasteiger partial charge in [-0.1, -0.05) is 12.1 Å². The Labute approximate surface area is 340 Å². The predicted molar refractivity (Wildman–Crippen MR) is 209 cm³/mol. The largest absolute Gasteiger partial charge is 0.462 e. The number of hydrogen-bond acceptors (Lipinski definition) is 12. The molecular formula is C44H58N2O12+2. The van der Waals surface area contributed by atoms with E-state index in [1.807, 2.05) is 12.1 Å². The molecule has 14 nitrogen and oxygen atoms in total. The molecule has 4 unspecified atom stereocenters. The van der Waals surface area contributed by atoms with Gasteiger partial charge in [0.1, 0.15) is 12.2 Å². The molecule has 4 aliphatic heterocycles. The van der Waals surface area contributed by atoms with Gasteiger partial charge in [-0.15, -0.1) is 0 Å². The van der Waals surface area contributed by atoms with Crippen molar-refractivity contribution in [2.75, 3.05) is 27.2 Å². The summed E-state index contributed by atoms with van der Waals surface area (Å²) in [7, 11) is 4.54. The first-order chi connectivity index (χ1) is 27.5. The van der Waals surface area contributed by atoms with E-state index in [-0.39, 0.29) is 60.0 Å². The van der Waals surface area contributed by atoms with Gasteiger partial charge in [0.05, 0.1) is 64.2 Å². The average molecular weight is 807 g/mol. The number of quaternary nitrogens is 2. The van der Waals surface area contributed by atoms with Crippen LogP contribution in [0, 0.1) is 0 Å². The summed E-state index contributed by atoms with van der Waals surface area (Å²) < 4.78 is 34.7. The number of piperidine rings is 2. The van der Waals surface area contributed by atoms with Crippen molar-refractivity contribution in [1.29, 1.82) is 0 Å². The highest BCUT2D eigenvalue weighted by molar-refractivity contribution is 5.78. The standard InChI is InChI=1S/C44H58N2O12/c1-27(47)53-39-13-7-31(21-41(39)55-29(3)49)17-19-45(5)33-9-10-34(45)24-37(23-33)57-43(51)15-16-44(52)58-38-25-35-11-12-36(26-38)46(35,6)20-18-32-8-14-40(54-28(2)48)42(22-32)56-30(4)50/h7-8,13-14,21-22,33-38H,9-12,15-20,23-26H2,1-6H3/q+2/t33-,34+,35-,36+,37?,38?,45?,46?. The van der Waals surface area contributed by atoms with Crippen LogP contribution in [0.2, 0.25) is 0 Å². The van der Waals surface area contributed by atoms with Crippen LogP contribution >= 0.6 is 0 Å². The number of carbonyl (C=O) groups is 6. The third-order valence-electron chi connectivity index (χ3n) is 13.1. The predicted octanol–water partition coefficient (Wildman–Crippen LogP) is 5.32. The van der Waals surface area contributed by atoms with E-state index in [2.05, 4.69) is 14.1 Å². The van der Waals surface area contributed by atoms with E-state index in [0.29, 0.717) is 24.2 Å². The summed E-state index contributed by atoms with van der Waals surface area (Å²) in [6, 6.07) is 12.0. The van der Waals surface area contributed by atoms with Crippen molar-refractivity contribution in [2.24, 2.45) is 0 Å². The normalized spacial score (nSPS) is 28.2. The molecule has 4 bridgehead atoms. The molecule has 0 N–H and O–H groups in total. The molecular weight excluding hydrogens is 748 g/mol. The fourth-order valence-electron chi connectivity index (χ4n) is 10.1. The van der Waals surface area contributed by atoms with Gasteiger partial charge in [-0.3, -0.25) is 28.8 Å². The van der Waals surface area contributed by atoms with E-state index < -0.39 is 23.9 Å². The fraction of sp³-hybridized carbons (Fsp3) is 0.591. The van der Waals surface area contributed by atoms with Gasteiger partial charge in [-0.05, 0) is 35.4 Å². The number of nitrogens with zero attached hydrogens (tertiary/aromatic N) is 2. The molecule has 4 saturated heterocycles. The van der Waals surface area contributed by atoms with Crippen LogP contribution in [0.15, 0.2) is 36.4 Å². The topological polar surface area (TPSA) is 158 Å². The van der Waals surface area contributed by atoms with E-state index in [1.54, 1.807) is 24.3 Å². The second kappa shape index (κ2) is 18.0. The van der Waals surface area contributed by atoms with Gasteiger partial charge >= 0.3 is 35.8 Å². The molecule has 8 atom stereocenters. The minimum atomic E-state index is -0.495. The van der Waals surface area contributed by atoms with Crippen LogP contribution in [0.3, 0.4) is 0 Å². The van der Waals surface area contributed by atoms with Crippen molar-refractivity contribution >= 4 is 35.8 Å². The van der Waals surface area contributed by atoms with Gasteiger partial charge in [0, 0.05) is 91.9 Å². The number of likely N-dealkylation sites (N-methyl/N-ethyl adjacent to an activating group) is 2. The highest BCUT2D eigenvalue weighted by atomic mass is 16.6. The van der Waals surface area contributed by atoms with Crippen LogP contribution < -0.4 is 18.9 Å². The highest BCUT2D eigenvalue weighted by Crippen LogP contribution is 2.44.